The number of aryl methyl sites for hydroxylation is 2. The van der Waals surface area contributed by atoms with E-state index in [-0.39, 0.29) is 0 Å². The van der Waals surface area contributed by atoms with Gasteiger partial charge in [-0.3, -0.25) is 0 Å². The van der Waals surface area contributed by atoms with E-state index in [1.807, 2.05) is 31.2 Å². The summed E-state index contributed by atoms with van der Waals surface area (Å²) in [5, 5.41) is 13.1. The van der Waals surface area contributed by atoms with E-state index in [9.17, 15) is 0 Å². The molecule has 0 saturated carbocycles. The lowest BCUT2D eigenvalue weighted by atomic mass is 10.1. The maximum absolute atomic E-state index is 8.97. The van der Waals surface area contributed by atoms with Gasteiger partial charge in [0.2, 0.25) is 0 Å². The lowest BCUT2D eigenvalue weighted by molar-refractivity contribution is 1.38. The Bertz CT molecular complexity index is 827. The molecule has 0 spiro atoms. The van der Waals surface area contributed by atoms with Crippen molar-refractivity contribution in [2.24, 2.45) is 0 Å². The maximum atomic E-state index is 8.97. The molecule has 0 saturated heterocycles. The molecule has 3 aromatic rings. The Hall–Kier alpha value is -2.38. The highest BCUT2D eigenvalue weighted by Crippen LogP contribution is 2.30. The Labute approximate surface area is 121 Å². The van der Waals surface area contributed by atoms with Crippen molar-refractivity contribution in [1.82, 2.24) is 4.98 Å². The van der Waals surface area contributed by atoms with Crippen LogP contribution in [0.2, 0.25) is 0 Å². The van der Waals surface area contributed by atoms with Crippen molar-refractivity contribution < 1.29 is 0 Å². The zero-order valence-corrected chi connectivity index (χ0v) is 12.1. The van der Waals surface area contributed by atoms with Gasteiger partial charge in [-0.1, -0.05) is 23.5 Å². The van der Waals surface area contributed by atoms with Crippen molar-refractivity contribution in [3.63, 3.8) is 0 Å². The molecule has 0 unspecified atom stereocenters. The van der Waals surface area contributed by atoms with Gasteiger partial charge in [-0.05, 0) is 49.2 Å². The van der Waals surface area contributed by atoms with Crippen molar-refractivity contribution in [2.75, 3.05) is 5.32 Å². The summed E-state index contributed by atoms with van der Waals surface area (Å²) < 4.78 is 1.17. The second-order valence-corrected chi connectivity index (χ2v) is 5.79. The first-order chi connectivity index (χ1) is 9.65. The van der Waals surface area contributed by atoms with Crippen LogP contribution in [0.15, 0.2) is 36.4 Å². The van der Waals surface area contributed by atoms with Crippen molar-refractivity contribution >= 4 is 32.4 Å². The van der Waals surface area contributed by atoms with E-state index in [4.69, 9.17) is 5.26 Å². The fourth-order valence-corrected chi connectivity index (χ4v) is 3.00. The summed E-state index contributed by atoms with van der Waals surface area (Å²) in [7, 11) is 0. The van der Waals surface area contributed by atoms with Crippen LogP contribution in [0.3, 0.4) is 0 Å². The number of rotatable bonds is 2. The minimum atomic E-state index is 0.648. The molecule has 0 aliphatic rings. The Morgan fingerprint density at radius 3 is 2.80 bits per heavy atom. The van der Waals surface area contributed by atoms with Gasteiger partial charge in [-0.15, -0.1) is 0 Å². The minimum absolute atomic E-state index is 0.648. The Morgan fingerprint density at radius 1 is 1.15 bits per heavy atom. The molecule has 0 radical (unpaired) electrons. The highest BCUT2D eigenvalue weighted by molar-refractivity contribution is 7.22. The number of hydrogen-bond donors (Lipinski definition) is 1. The normalized spacial score (nSPS) is 10.4. The molecule has 0 amide bonds. The number of anilines is 2. The molecule has 1 aromatic heterocycles. The topological polar surface area (TPSA) is 48.7 Å². The quantitative estimate of drug-likeness (QED) is 0.749. The van der Waals surface area contributed by atoms with E-state index in [1.54, 1.807) is 11.3 Å². The molecular formula is C16H13N3S. The Morgan fingerprint density at radius 2 is 2.00 bits per heavy atom. The summed E-state index contributed by atoms with van der Waals surface area (Å²) in [4.78, 5) is 4.57. The number of nitrogens with one attached hydrogen (secondary N) is 1. The number of aromatic nitrogens is 1. The first-order valence-corrected chi connectivity index (χ1v) is 7.12. The third kappa shape index (κ3) is 2.36. The van der Waals surface area contributed by atoms with E-state index < -0.39 is 0 Å². The molecule has 0 bridgehead atoms. The number of nitriles is 1. The molecule has 3 rings (SSSR count). The SMILES string of the molecule is Cc1ccc2nc(Nc3cc(C#N)ccc3C)sc2c1. The van der Waals surface area contributed by atoms with Gasteiger partial charge < -0.3 is 5.32 Å². The molecule has 98 valence electrons. The second-order valence-electron chi connectivity index (χ2n) is 4.76. The molecule has 0 aliphatic carbocycles. The average Bonchev–Trinajstić information content (AvgIpc) is 2.82. The lowest BCUT2D eigenvalue weighted by Gasteiger charge is -2.06. The number of thiazole rings is 1. The largest absolute Gasteiger partial charge is 0.331 e. The predicted octanol–water partition coefficient (Wildman–Crippen LogP) is 4.53. The number of hydrogen-bond acceptors (Lipinski definition) is 4. The van der Waals surface area contributed by atoms with Gasteiger partial charge in [-0.25, -0.2) is 4.98 Å². The molecule has 0 fully saturated rings. The van der Waals surface area contributed by atoms with E-state index in [0.29, 0.717) is 5.56 Å². The van der Waals surface area contributed by atoms with E-state index in [1.165, 1.54) is 10.3 Å². The molecule has 0 aliphatic heterocycles. The lowest BCUT2D eigenvalue weighted by Crippen LogP contribution is -1.93. The van der Waals surface area contributed by atoms with Crippen LogP contribution in [-0.4, -0.2) is 4.98 Å². The smallest absolute Gasteiger partial charge is 0.188 e. The highest BCUT2D eigenvalue weighted by atomic mass is 32.1. The van der Waals surface area contributed by atoms with Crippen LogP contribution in [-0.2, 0) is 0 Å². The first kappa shape index (κ1) is 12.6. The van der Waals surface area contributed by atoms with Crippen LogP contribution in [0.5, 0.6) is 0 Å². The summed E-state index contributed by atoms with van der Waals surface area (Å²) >= 11 is 1.62. The fourth-order valence-electron chi connectivity index (χ4n) is 2.03. The summed E-state index contributed by atoms with van der Waals surface area (Å²) in [6, 6.07) is 14.0. The monoisotopic (exact) mass is 279 g/mol. The molecular weight excluding hydrogens is 266 g/mol. The standard InChI is InChI=1S/C16H13N3S/c1-10-3-6-13-15(7-10)20-16(18-13)19-14-8-12(9-17)5-4-11(14)2/h3-8H,1-2H3,(H,18,19). The molecule has 0 atom stereocenters. The zero-order valence-electron chi connectivity index (χ0n) is 11.3. The van der Waals surface area contributed by atoms with Gasteiger partial charge in [0.15, 0.2) is 5.13 Å². The summed E-state index contributed by atoms with van der Waals surface area (Å²) in [5.41, 5.74) is 4.90. The summed E-state index contributed by atoms with van der Waals surface area (Å²) in [5.74, 6) is 0. The molecule has 1 heterocycles. The van der Waals surface area contributed by atoms with Gasteiger partial charge in [0.05, 0.1) is 21.8 Å². The molecule has 2 aromatic carbocycles. The number of nitrogens with zero attached hydrogens (tertiary/aromatic N) is 2. The van der Waals surface area contributed by atoms with E-state index in [0.717, 1.165) is 21.9 Å². The van der Waals surface area contributed by atoms with Gasteiger partial charge >= 0.3 is 0 Å². The summed E-state index contributed by atoms with van der Waals surface area (Å²) in [6.45, 7) is 4.09. The molecule has 3 nitrogen and oxygen atoms in total. The van der Waals surface area contributed by atoms with Gasteiger partial charge in [0.1, 0.15) is 0 Å². The van der Waals surface area contributed by atoms with Crippen LogP contribution in [0.1, 0.15) is 16.7 Å². The zero-order chi connectivity index (χ0) is 14.1. The number of fused-ring (bicyclic) bond motifs is 1. The fraction of sp³-hybridized carbons (Fsp3) is 0.125. The second kappa shape index (κ2) is 4.95. The Kier molecular flexibility index (Phi) is 3.13. The third-order valence-corrected chi connectivity index (χ3v) is 4.09. The molecule has 4 heteroatoms. The van der Waals surface area contributed by atoms with E-state index in [2.05, 4.69) is 35.4 Å². The Balaban J connectivity index is 1.99. The van der Waals surface area contributed by atoms with Crippen LogP contribution >= 0.6 is 11.3 Å². The first-order valence-electron chi connectivity index (χ1n) is 6.31. The van der Waals surface area contributed by atoms with Crippen molar-refractivity contribution in [2.45, 2.75) is 13.8 Å². The van der Waals surface area contributed by atoms with Crippen LogP contribution in [0, 0.1) is 25.2 Å². The third-order valence-electron chi connectivity index (χ3n) is 3.15. The van der Waals surface area contributed by atoms with Crippen molar-refractivity contribution in [3.8, 4) is 6.07 Å². The minimum Gasteiger partial charge on any atom is -0.331 e. The van der Waals surface area contributed by atoms with Crippen molar-refractivity contribution in [3.05, 3.63) is 53.1 Å². The van der Waals surface area contributed by atoms with Crippen LogP contribution in [0.25, 0.3) is 10.2 Å². The molecule has 1 N–H and O–H groups in total. The molecule has 20 heavy (non-hydrogen) atoms. The summed E-state index contributed by atoms with van der Waals surface area (Å²) in [6.07, 6.45) is 0. The van der Waals surface area contributed by atoms with Crippen LogP contribution < -0.4 is 5.32 Å². The average molecular weight is 279 g/mol. The van der Waals surface area contributed by atoms with Gasteiger partial charge in [-0.2, -0.15) is 5.26 Å². The highest BCUT2D eigenvalue weighted by Gasteiger charge is 2.06. The van der Waals surface area contributed by atoms with E-state index >= 15 is 0 Å². The van der Waals surface area contributed by atoms with Gasteiger partial charge in [0, 0.05) is 5.69 Å². The predicted molar refractivity (Wildman–Crippen MR) is 83.5 cm³/mol. The van der Waals surface area contributed by atoms with Gasteiger partial charge in [0.25, 0.3) is 0 Å². The van der Waals surface area contributed by atoms with Crippen molar-refractivity contribution in [1.29, 1.82) is 5.26 Å². The van der Waals surface area contributed by atoms with Crippen LogP contribution in [0.4, 0.5) is 10.8 Å². The maximum Gasteiger partial charge on any atom is 0.188 e. The number of benzene rings is 2.